The number of aliphatic hydroxyl groups excluding tert-OH is 1. The van der Waals surface area contributed by atoms with Crippen molar-refractivity contribution >= 4 is 0 Å². The number of hydrogen-bond acceptors (Lipinski definition) is 2. The van der Waals surface area contributed by atoms with Gasteiger partial charge in [-0.1, -0.05) is 6.07 Å². The van der Waals surface area contributed by atoms with Crippen LogP contribution in [0.2, 0.25) is 0 Å². The van der Waals surface area contributed by atoms with Crippen molar-refractivity contribution in [2.45, 2.75) is 31.3 Å². The molecule has 0 amide bonds. The van der Waals surface area contributed by atoms with E-state index in [9.17, 15) is 13.9 Å². The molecule has 2 unspecified atom stereocenters. The normalized spacial score (nSPS) is 25.9. The molecule has 2 atom stereocenters. The molecule has 14 heavy (non-hydrogen) atoms. The Labute approximate surface area is 80.6 Å². The third kappa shape index (κ3) is 1.62. The average molecular weight is 199 g/mol. The van der Waals surface area contributed by atoms with Gasteiger partial charge in [0.1, 0.15) is 0 Å². The summed E-state index contributed by atoms with van der Waals surface area (Å²) in [6.07, 6.45) is 0.749. The van der Waals surface area contributed by atoms with Crippen molar-refractivity contribution in [3.8, 4) is 0 Å². The van der Waals surface area contributed by atoms with Gasteiger partial charge in [0.25, 0.3) is 5.92 Å². The largest absolute Gasteiger partial charge is 0.389 e. The number of nitrogens with zero attached hydrogens (tertiary/aromatic N) is 1. The number of pyridine rings is 1. The van der Waals surface area contributed by atoms with Crippen LogP contribution in [0.3, 0.4) is 0 Å². The van der Waals surface area contributed by atoms with E-state index in [1.807, 2.05) is 0 Å². The molecule has 0 saturated heterocycles. The van der Waals surface area contributed by atoms with Crippen molar-refractivity contribution in [2.75, 3.05) is 0 Å². The van der Waals surface area contributed by atoms with Crippen LogP contribution in [0, 0.1) is 0 Å². The van der Waals surface area contributed by atoms with Gasteiger partial charge in [0.15, 0.2) is 0 Å². The van der Waals surface area contributed by atoms with Crippen LogP contribution in [0.15, 0.2) is 18.3 Å². The lowest BCUT2D eigenvalue weighted by Gasteiger charge is -2.04. The maximum absolute atomic E-state index is 12.7. The molecule has 1 aromatic rings. The maximum Gasteiger partial charge on any atom is 0.257 e. The zero-order valence-electron chi connectivity index (χ0n) is 7.74. The molecule has 1 aliphatic carbocycles. The van der Waals surface area contributed by atoms with Crippen molar-refractivity contribution in [3.05, 3.63) is 29.6 Å². The van der Waals surface area contributed by atoms with Gasteiger partial charge in [-0.25, -0.2) is 8.78 Å². The van der Waals surface area contributed by atoms with E-state index in [4.69, 9.17) is 0 Å². The molecule has 1 N–H and O–H groups in total. The van der Waals surface area contributed by atoms with Crippen molar-refractivity contribution in [3.63, 3.8) is 0 Å². The fraction of sp³-hybridized carbons (Fsp3) is 0.500. The molecule has 0 radical (unpaired) electrons. The summed E-state index contributed by atoms with van der Waals surface area (Å²) in [6.45, 7) is 1.61. The van der Waals surface area contributed by atoms with Gasteiger partial charge in [0.2, 0.25) is 0 Å². The molecule has 0 bridgehead atoms. The second-order valence-electron chi connectivity index (χ2n) is 3.71. The Bertz CT molecular complexity index is 334. The van der Waals surface area contributed by atoms with Crippen LogP contribution in [0.5, 0.6) is 0 Å². The van der Waals surface area contributed by atoms with E-state index in [1.54, 1.807) is 19.1 Å². The first-order chi connectivity index (χ1) is 6.50. The van der Waals surface area contributed by atoms with Gasteiger partial charge >= 0.3 is 0 Å². The lowest BCUT2D eigenvalue weighted by Crippen LogP contribution is -1.98. The summed E-state index contributed by atoms with van der Waals surface area (Å²) in [5.74, 6) is -3.29. The lowest BCUT2D eigenvalue weighted by atomic mass is 10.1. The monoisotopic (exact) mass is 199 g/mol. The van der Waals surface area contributed by atoms with E-state index in [0.717, 1.165) is 0 Å². The van der Waals surface area contributed by atoms with Crippen molar-refractivity contribution in [1.29, 1.82) is 0 Å². The van der Waals surface area contributed by atoms with Crippen LogP contribution >= 0.6 is 0 Å². The first-order valence-electron chi connectivity index (χ1n) is 4.52. The van der Waals surface area contributed by atoms with Gasteiger partial charge in [-0.2, -0.15) is 0 Å². The Morgan fingerprint density at radius 3 is 2.57 bits per heavy atom. The zero-order valence-corrected chi connectivity index (χ0v) is 7.74. The van der Waals surface area contributed by atoms with E-state index in [2.05, 4.69) is 4.98 Å². The molecule has 1 heterocycles. The fourth-order valence-electron chi connectivity index (χ4n) is 1.40. The highest BCUT2D eigenvalue weighted by Crippen LogP contribution is 2.55. The van der Waals surface area contributed by atoms with Gasteiger partial charge in [-0.15, -0.1) is 0 Å². The molecule has 2 rings (SSSR count). The van der Waals surface area contributed by atoms with Crippen molar-refractivity contribution in [1.82, 2.24) is 4.98 Å². The third-order valence-corrected chi connectivity index (χ3v) is 2.47. The summed E-state index contributed by atoms with van der Waals surface area (Å²) in [4.78, 5) is 3.92. The summed E-state index contributed by atoms with van der Waals surface area (Å²) in [5, 5.41) is 9.18. The molecule has 0 spiro atoms. The number of halogens is 2. The second kappa shape index (κ2) is 2.98. The average Bonchev–Trinajstić information content (AvgIpc) is 2.75. The van der Waals surface area contributed by atoms with Crippen LogP contribution < -0.4 is 0 Å². The molecule has 2 nitrogen and oxygen atoms in total. The van der Waals surface area contributed by atoms with E-state index < -0.39 is 17.9 Å². The van der Waals surface area contributed by atoms with Gasteiger partial charge in [-0.05, 0) is 18.6 Å². The van der Waals surface area contributed by atoms with Gasteiger partial charge in [0, 0.05) is 18.3 Å². The summed E-state index contributed by atoms with van der Waals surface area (Å²) >= 11 is 0. The molecule has 1 aromatic heterocycles. The minimum atomic E-state index is -2.57. The first kappa shape index (κ1) is 9.52. The quantitative estimate of drug-likeness (QED) is 0.792. The Kier molecular flexibility index (Phi) is 2.03. The van der Waals surface area contributed by atoms with E-state index in [0.29, 0.717) is 11.3 Å². The van der Waals surface area contributed by atoms with Crippen molar-refractivity contribution in [2.24, 2.45) is 0 Å². The minimum Gasteiger partial charge on any atom is -0.389 e. The van der Waals surface area contributed by atoms with E-state index >= 15 is 0 Å². The molecule has 1 aliphatic rings. The lowest BCUT2D eigenvalue weighted by molar-refractivity contribution is 0.111. The topological polar surface area (TPSA) is 33.1 Å². The van der Waals surface area contributed by atoms with Gasteiger partial charge in [0.05, 0.1) is 12.0 Å². The van der Waals surface area contributed by atoms with Crippen LogP contribution in [-0.2, 0) is 0 Å². The van der Waals surface area contributed by atoms with Crippen LogP contribution in [0.25, 0.3) is 0 Å². The minimum absolute atomic E-state index is 0.103. The van der Waals surface area contributed by atoms with Crippen LogP contribution in [0.4, 0.5) is 8.78 Å². The second-order valence-corrected chi connectivity index (χ2v) is 3.71. The summed E-state index contributed by atoms with van der Waals surface area (Å²) < 4.78 is 25.3. The number of aliphatic hydroxyl groups is 1. The number of rotatable bonds is 2. The maximum atomic E-state index is 12.7. The highest BCUT2D eigenvalue weighted by atomic mass is 19.3. The van der Waals surface area contributed by atoms with Gasteiger partial charge in [-0.3, -0.25) is 4.98 Å². The fourth-order valence-corrected chi connectivity index (χ4v) is 1.40. The summed E-state index contributed by atoms with van der Waals surface area (Å²) in [7, 11) is 0. The van der Waals surface area contributed by atoms with Crippen molar-refractivity contribution < 1.29 is 13.9 Å². The smallest absolute Gasteiger partial charge is 0.257 e. The number of aromatic nitrogens is 1. The molecule has 76 valence electrons. The molecule has 0 aromatic carbocycles. The van der Waals surface area contributed by atoms with Crippen LogP contribution in [-0.4, -0.2) is 16.0 Å². The highest BCUT2D eigenvalue weighted by molar-refractivity contribution is 5.25. The summed E-state index contributed by atoms with van der Waals surface area (Å²) in [6, 6.07) is 3.20. The Balaban J connectivity index is 2.16. The summed E-state index contributed by atoms with van der Waals surface area (Å²) in [5.41, 5.74) is 1.07. The first-order valence-corrected chi connectivity index (χ1v) is 4.52. The van der Waals surface area contributed by atoms with Gasteiger partial charge < -0.3 is 5.11 Å². The third-order valence-electron chi connectivity index (χ3n) is 2.47. The van der Waals surface area contributed by atoms with E-state index in [1.165, 1.54) is 6.20 Å². The molecule has 1 saturated carbocycles. The highest BCUT2D eigenvalue weighted by Gasteiger charge is 2.58. The predicted molar refractivity (Wildman–Crippen MR) is 47.2 cm³/mol. The number of alkyl halides is 2. The molecular formula is C10H11F2NO. The Morgan fingerprint density at radius 2 is 2.21 bits per heavy atom. The molecule has 4 heteroatoms. The molecule has 1 fully saturated rings. The zero-order chi connectivity index (χ0) is 10.3. The molecular weight excluding hydrogens is 188 g/mol. The van der Waals surface area contributed by atoms with E-state index in [-0.39, 0.29) is 6.42 Å². The standard InChI is InChI=1S/C10H11F2NO/c1-6(14)7-2-3-9(13-5-7)8-4-10(8,11)12/h2-3,5-6,8,14H,4H2,1H3. The molecule has 0 aliphatic heterocycles. The number of hydrogen-bond donors (Lipinski definition) is 1. The van der Waals surface area contributed by atoms with Crippen LogP contribution in [0.1, 0.15) is 36.6 Å². The Morgan fingerprint density at radius 1 is 1.57 bits per heavy atom. The predicted octanol–water partition coefficient (Wildman–Crippen LogP) is 2.26. The SMILES string of the molecule is CC(O)c1ccc(C2CC2(F)F)nc1. The Hall–Kier alpha value is -1.03.